The molecular formula is C17H29FN2O5. The largest absolute Gasteiger partial charge is 0.458 e. The van der Waals surface area contributed by atoms with Crippen LogP contribution in [-0.2, 0) is 19.1 Å². The van der Waals surface area contributed by atoms with Crippen LogP contribution in [0, 0.1) is 5.92 Å². The van der Waals surface area contributed by atoms with E-state index in [1.807, 2.05) is 6.92 Å². The highest BCUT2D eigenvalue weighted by Crippen LogP contribution is 2.27. The van der Waals surface area contributed by atoms with Gasteiger partial charge in [0.1, 0.15) is 11.6 Å². The number of unbranched alkanes of at least 4 members (excludes halogenated alkanes) is 1. The van der Waals surface area contributed by atoms with E-state index in [1.54, 1.807) is 20.8 Å². The zero-order valence-corrected chi connectivity index (χ0v) is 15.4. The number of carbonyl (C=O) groups excluding carboxylic acids is 3. The van der Waals surface area contributed by atoms with Crippen LogP contribution in [0.15, 0.2) is 0 Å². The fourth-order valence-electron chi connectivity index (χ4n) is 2.92. The summed E-state index contributed by atoms with van der Waals surface area (Å²) in [6.45, 7) is 7.41. The van der Waals surface area contributed by atoms with Crippen molar-refractivity contribution < 1.29 is 28.7 Å². The molecule has 1 rings (SSSR count). The summed E-state index contributed by atoms with van der Waals surface area (Å²) in [7, 11) is 0. The molecule has 0 spiro atoms. The van der Waals surface area contributed by atoms with Gasteiger partial charge in [-0.3, -0.25) is 14.8 Å². The quantitative estimate of drug-likeness (QED) is 0.411. The van der Waals surface area contributed by atoms with Gasteiger partial charge in [-0.1, -0.05) is 19.8 Å². The monoisotopic (exact) mass is 360 g/mol. The minimum Gasteiger partial charge on any atom is -0.458 e. The van der Waals surface area contributed by atoms with Crippen molar-refractivity contribution in [2.45, 2.75) is 77.6 Å². The molecule has 144 valence electrons. The third-order valence-electron chi connectivity index (χ3n) is 4.11. The molecule has 1 aliphatic heterocycles. The molecule has 1 fully saturated rings. The molecule has 1 saturated heterocycles. The fraction of sp³-hybridized carbons (Fsp3) is 0.824. The van der Waals surface area contributed by atoms with E-state index < -0.39 is 41.5 Å². The molecule has 0 aromatic heterocycles. The van der Waals surface area contributed by atoms with Crippen LogP contribution in [0.5, 0.6) is 0 Å². The Morgan fingerprint density at radius 2 is 2.00 bits per heavy atom. The Bertz CT molecular complexity index is 492. The van der Waals surface area contributed by atoms with E-state index in [9.17, 15) is 18.8 Å². The van der Waals surface area contributed by atoms with Gasteiger partial charge in [-0.15, -0.1) is 0 Å². The molecule has 8 heteroatoms. The number of carbonyl (C=O) groups is 3. The van der Waals surface area contributed by atoms with Crippen LogP contribution in [-0.4, -0.2) is 52.3 Å². The van der Waals surface area contributed by atoms with Crippen molar-refractivity contribution >= 4 is 17.8 Å². The number of nitrogens with one attached hydrogen (secondary N) is 1. The first kappa shape index (κ1) is 21.3. The van der Waals surface area contributed by atoms with E-state index in [1.165, 1.54) is 10.4 Å². The minimum atomic E-state index is -2.16. The lowest BCUT2D eigenvalue weighted by Gasteiger charge is -2.30. The Balaban J connectivity index is 2.93. The predicted octanol–water partition coefficient (Wildman–Crippen LogP) is 1.97. The Morgan fingerprint density at radius 3 is 2.52 bits per heavy atom. The van der Waals surface area contributed by atoms with Gasteiger partial charge in [-0.05, 0) is 40.0 Å². The molecule has 25 heavy (non-hydrogen) atoms. The summed E-state index contributed by atoms with van der Waals surface area (Å²) in [6.07, 6.45) is 0.349. The molecule has 0 bridgehead atoms. The van der Waals surface area contributed by atoms with Crippen LogP contribution in [0.3, 0.4) is 0 Å². The first-order valence-electron chi connectivity index (χ1n) is 8.73. The van der Waals surface area contributed by atoms with Crippen molar-refractivity contribution in [3.8, 4) is 0 Å². The maximum Gasteiger partial charge on any atom is 0.329 e. The molecule has 1 heterocycles. The molecule has 2 N–H and O–H groups in total. The number of hydrogen-bond donors (Lipinski definition) is 2. The topological polar surface area (TPSA) is 95.9 Å². The molecule has 3 atom stereocenters. The summed E-state index contributed by atoms with van der Waals surface area (Å²) in [6, 6.07) is -0.764. The molecule has 0 radical (unpaired) electrons. The highest BCUT2D eigenvalue weighted by molar-refractivity contribution is 5.91. The third kappa shape index (κ3) is 5.95. The van der Waals surface area contributed by atoms with Crippen molar-refractivity contribution in [3.63, 3.8) is 0 Å². The number of hydrogen-bond acceptors (Lipinski definition) is 5. The SMILES string of the molecule is CCCCC(C(=O)N1CCCC1C(=O)OC(C)(C)C)C(F)C(=O)NO. The molecule has 0 aromatic carbocycles. The summed E-state index contributed by atoms with van der Waals surface area (Å²) in [5.74, 6) is -3.58. The second-order valence-electron chi connectivity index (χ2n) is 7.35. The minimum absolute atomic E-state index is 0.168. The van der Waals surface area contributed by atoms with Crippen molar-refractivity contribution in [2.75, 3.05) is 6.54 Å². The number of halogens is 1. The average Bonchev–Trinajstić information content (AvgIpc) is 3.02. The lowest BCUT2D eigenvalue weighted by Crippen LogP contribution is -2.49. The van der Waals surface area contributed by atoms with Crippen molar-refractivity contribution in [3.05, 3.63) is 0 Å². The van der Waals surface area contributed by atoms with E-state index in [2.05, 4.69) is 0 Å². The summed E-state index contributed by atoms with van der Waals surface area (Å²) >= 11 is 0. The van der Waals surface area contributed by atoms with Gasteiger partial charge in [0.15, 0.2) is 6.17 Å². The predicted molar refractivity (Wildman–Crippen MR) is 88.4 cm³/mol. The van der Waals surface area contributed by atoms with Gasteiger partial charge in [0, 0.05) is 6.54 Å². The van der Waals surface area contributed by atoms with Gasteiger partial charge in [0.05, 0.1) is 5.92 Å². The summed E-state index contributed by atoms with van der Waals surface area (Å²) in [4.78, 5) is 37.9. The number of nitrogens with zero attached hydrogens (tertiary/aromatic N) is 1. The number of esters is 1. The fourth-order valence-corrected chi connectivity index (χ4v) is 2.92. The molecule has 0 saturated carbocycles. The molecule has 2 amide bonds. The number of alkyl halides is 1. The first-order valence-corrected chi connectivity index (χ1v) is 8.73. The summed E-state index contributed by atoms with van der Waals surface area (Å²) in [5.41, 5.74) is 0.571. The van der Waals surface area contributed by atoms with Crippen LogP contribution in [0.2, 0.25) is 0 Å². The molecule has 1 aliphatic rings. The van der Waals surface area contributed by atoms with Gasteiger partial charge < -0.3 is 9.64 Å². The molecule has 0 aliphatic carbocycles. The molecule has 7 nitrogen and oxygen atoms in total. The zero-order valence-electron chi connectivity index (χ0n) is 15.4. The van der Waals surface area contributed by atoms with E-state index >= 15 is 0 Å². The van der Waals surface area contributed by atoms with Crippen LogP contribution in [0.25, 0.3) is 0 Å². The standard InChI is InChI=1S/C17H29FN2O5/c1-5-6-8-11(13(18)14(21)19-24)15(22)20-10-7-9-12(20)16(23)25-17(2,3)4/h11-13,24H,5-10H2,1-4H3,(H,19,21). The molecular weight excluding hydrogens is 331 g/mol. The smallest absolute Gasteiger partial charge is 0.329 e. The second-order valence-corrected chi connectivity index (χ2v) is 7.35. The van der Waals surface area contributed by atoms with Crippen LogP contribution in [0.4, 0.5) is 4.39 Å². The van der Waals surface area contributed by atoms with Gasteiger partial charge in [-0.25, -0.2) is 14.7 Å². The van der Waals surface area contributed by atoms with E-state index in [-0.39, 0.29) is 6.42 Å². The Hall–Kier alpha value is -1.70. The van der Waals surface area contributed by atoms with Crippen molar-refractivity contribution in [2.24, 2.45) is 5.92 Å². The molecule has 0 aromatic rings. The Kier molecular flexibility index (Phi) is 7.79. The lowest BCUT2D eigenvalue weighted by molar-refractivity contribution is -0.164. The van der Waals surface area contributed by atoms with Crippen LogP contribution in [0.1, 0.15) is 59.8 Å². The number of rotatable bonds is 7. The lowest BCUT2D eigenvalue weighted by atomic mass is 9.94. The normalized spacial score (nSPS) is 20.1. The van der Waals surface area contributed by atoms with Gasteiger partial charge >= 0.3 is 5.97 Å². The highest BCUT2D eigenvalue weighted by Gasteiger charge is 2.42. The van der Waals surface area contributed by atoms with Crippen LogP contribution >= 0.6 is 0 Å². The maximum atomic E-state index is 14.4. The summed E-state index contributed by atoms with van der Waals surface area (Å²) in [5, 5.41) is 8.66. The van der Waals surface area contributed by atoms with E-state index in [0.717, 1.165) is 6.42 Å². The third-order valence-corrected chi connectivity index (χ3v) is 4.11. The second kappa shape index (κ2) is 9.12. The van der Waals surface area contributed by atoms with Gasteiger partial charge in [0.25, 0.3) is 5.91 Å². The zero-order chi connectivity index (χ0) is 19.2. The van der Waals surface area contributed by atoms with E-state index in [0.29, 0.717) is 25.8 Å². The Morgan fingerprint density at radius 1 is 1.36 bits per heavy atom. The van der Waals surface area contributed by atoms with E-state index in [4.69, 9.17) is 9.94 Å². The average molecular weight is 360 g/mol. The van der Waals surface area contributed by atoms with Gasteiger partial charge in [-0.2, -0.15) is 0 Å². The maximum absolute atomic E-state index is 14.4. The number of hydroxylamine groups is 1. The Labute approximate surface area is 147 Å². The van der Waals surface area contributed by atoms with Crippen molar-refractivity contribution in [1.29, 1.82) is 0 Å². The van der Waals surface area contributed by atoms with Gasteiger partial charge in [0.2, 0.25) is 5.91 Å². The molecule has 3 unspecified atom stereocenters. The number of amides is 2. The van der Waals surface area contributed by atoms with Crippen molar-refractivity contribution in [1.82, 2.24) is 10.4 Å². The van der Waals surface area contributed by atoms with Crippen LogP contribution < -0.4 is 5.48 Å². The number of likely N-dealkylation sites (tertiary alicyclic amines) is 1. The first-order chi connectivity index (χ1) is 11.6. The summed E-state index contributed by atoms with van der Waals surface area (Å²) < 4.78 is 19.7. The highest BCUT2D eigenvalue weighted by atomic mass is 19.1. The number of ether oxygens (including phenoxy) is 1.